The van der Waals surface area contributed by atoms with Crippen LogP contribution in [0.2, 0.25) is 5.02 Å². The molecule has 6 heteroatoms. The van der Waals surface area contributed by atoms with Crippen molar-refractivity contribution in [2.75, 3.05) is 5.32 Å². The molecule has 1 aliphatic rings. The molecule has 2 aromatic carbocycles. The molecule has 0 bridgehead atoms. The van der Waals surface area contributed by atoms with Crippen molar-refractivity contribution in [1.29, 1.82) is 0 Å². The fourth-order valence-electron chi connectivity index (χ4n) is 2.92. The lowest BCUT2D eigenvalue weighted by atomic mass is 9.91. The number of hydrogen-bond acceptors (Lipinski definition) is 4. The molecule has 0 aromatic heterocycles. The van der Waals surface area contributed by atoms with E-state index in [1.807, 2.05) is 13.8 Å². The Morgan fingerprint density at radius 3 is 2.36 bits per heavy atom. The van der Waals surface area contributed by atoms with Crippen molar-refractivity contribution in [3.05, 3.63) is 58.6 Å². The molecule has 4 nitrogen and oxygen atoms in total. The van der Waals surface area contributed by atoms with E-state index in [0.717, 1.165) is 22.4 Å². The third kappa shape index (κ3) is 3.67. The first-order chi connectivity index (χ1) is 11.6. The Bertz CT molecular complexity index is 961. The third-order valence-corrected chi connectivity index (χ3v) is 5.58. The summed E-state index contributed by atoms with van der Waals surface area (Å²) in [5.41, 5.74) is 3.54. The molecule has 0 spiro atoms. The molecule has 0 unspecified atom stereocenters. The molecule has 3 rings (SSSR count). The maximum Gasteiger partial charge on any atom is 0.339 e. The Morgan fingerprint density at radius 2 is 1.72 bits per heavy atom. The second kappa shape index (κ2) is 6.07. The quantitative estimate of drug-likeness (QED) is 0.762. The number of hydrogen-bond donors (Lipinski definition) is 1. The second-order valence-corrected chi connectivity index (χ2v) is 8.81. The average Bonchev–Trinajstić information content (AvgIpc) is 2.48. The van der Waals surface area contributed by atoms with E-state index in [2.05, 4.69) is 25.2 Å². The van der Waals surface area contributed by atoms with Crippen LogP contribution >= 0.6 is 11.6 Å². The van der Waals surface area contributed by atoms with Gasteiger partial charge in [0.1, 0.15) is 4.90 Å². The predicted octanol–water partition coefficient (Wildman–Crippen LogP) is 5.02. The van der Waals surface area contributed by atoms with Crippen LogP contribution in [-0.2, 0) is 10.1 Å². The van der Waals surface area contributed by atoms with Crippen molar-refractivity contribution in [2.24, 2.45) is 0 Å². The summed E-state index contributed by atoms with van der Waals surface area (Å²) in [5, 5.41) is 3.61. The highest BCUT2D eigenvalue weighted by molar-refractivity contribution is 7.87. The smallest absolute Gasteiger partial charge is 0.339 e. The van der Waals surface area contributed by atoms with Gasteiger partial charge in [0.15, 0.2) is 5.75 Å². The Kier molecular flexibility index (Phi) is 4.33. The van der Waals surface area contributed by atoms with Gasteiger partial charge in [-0.3, -0.25) is 0 Å². The molecule has 0 saturated heterocycles. The normalized spacial score (nSPS) is 15.8. The van der Waals surface area contributed by atoms with E-state index in [4.69, 9.17) is 15.8 Å². The van der Waals surface area contributed by atoms with Crippen LogP contribution in [0.3, 0.4) is 0 Å². The molecule has 132 valence electrons. The lowest BCUT2D eigenvalue weighted by Gasteiger charge is -2.31. The van der Waals surface area contributed by atoms with Gasteiger partial charge in [-0.25, -0.2) is 0 Å². The van der Waals surface area contributed by atoms with Crippen molar-refractivity contribution in [1.82, 2.24) is 0 Å². The summed E-state index contributed by atoms with van der Waals surface area (Å²) >= 11 is 6.27. The predicted molar refractivity (Wildman–Crippen MR) is 102 cm³/mol. The average molecular weight is 378 g/mol. The summed E-state index contributed by atoms with van der Waals surface area (Å²) in [6.45, 7) is 7.98. The van der Waals surface area contributed by atoms with Crippen molar-refractivity contribution in [2.45, 2.75) is 38.1 Å². The minimum atomic E-state index is -3.94. The molecule has 0 radical (unpaired) electrons. The Labute approximate surface area is 153 Å². The molecule has 25 heavy (non-hydrogen) atoms. The van der Waals surface area contributed by atoms with Crippen LogP contribution in [-0.4, -0.2) is 14.0 Å². The highest BCUT2D eigenvalue weighted by atomic mass is 35.5. The van der Waals surface area contributed by atoms with Gasteiger partial charge in [0.05, 0.1) is 10.6 Å². The van der Waals surface area contributed by atoms with E-state index in [1.165, 1.54) is 12.1 Å². The molecule has 1 N–H and O–H groups in total. The van der Waals surface area contributed by atoms with E-state index in [1.54, 1.807) is 24.3 Å². The van der Waals surface area contributed by atoms with Crippen LogP contribution < -0.4 is 9.50 Å². The fourth-order valence-corrected chi connectivity index (χ4v) is 4.11. The number of nitrogens with one attached hydrogen (secondary N) is 1. The van der Waals surface area contributed by atoms with Gasteiger partial charge in [0.25, 0.3) is 0 Å². The van der Waals surface area contributed by atoms with E-state index < -0.39 is 10.1 Å². The number of allylic oxidation sites excluding steroid dienone is 1. The van der Waals surface area contributed by atoms with Crippen molar-refractivity contribution >= 4 is 33.0 Å². The van der Waals surface area contributed by atoms with Gasteiger partial charge in [0.2, 0.25) is 0 Å². The maximum atomic E-state index is 12.5. The van der Waals surface area contributed by atoms with Gasteiger partial charge >= 0.3 is 10.1 Å². The van der Waals surface area contributed by atoms with Gasteiger partial charge in [-0.2, -0.15) is 8.42 Å². The molecule has 0 saturated carbocycles. The number of benzene rings is 2. The van der Waals surface area contributed by atoms with Gasteiger partial charge in [0, 0.05) is 11.3 Å². The van der Waals surface area contributed by atoms with Crippen LogP contribution in [0.5, 0.6) is 5.75 Å². The molecule has 0 atom stereocenters. The zero-order valence-electron chi connectivity index (χ0n) is 14.6. The summed E-state index contributed by atoms with van der Waals surface area (Å²) < 4.78 is 30.3. The summed E-state index contributed by atoms with van der Waals surface area (Å²) in [6, 6.07) is 9.86. The number of aryl methyl sites for hydroxylation is 1. The van der Waals surface area contributed by atoms with Crippen LogP contribution in [0, 0.1) is 6.92 Å². The van der Waals surface area contributed by atoms with Gasteiger partial charge in [-0.1, -0.05) is 35.4 Å². The maximum absolute atomic E-state index is 12.5. The minimum Gasteiger partial charge on any atom is -0.377 e. The van der Waals surface area contributed by atoms with E-state index in [-0.39, 0.29) is 21.2 Å². The van der Waals surface area contributed by atoms with Crippen LogP contribution in [0.4, 0.5) is 5.69 Å². The van der Waals surface area contributed by atoms with E-state index >= 15 is 0 Å². The third-order valence-electron chi connectivity index (χ3n) is 4.04. The number of anilines is 1. The van der Waals surface area contributed by atoms with Crippen LogP contribution in [0.15, 0.2) is 47.4 Å². The fraction of sp³-hybridized carbons (Fsp3) is 0.263. The highest BCUT2D eigenvalue weighted by Crippen LogP contribution is 2.40. The molecule has 0 aliphatic carbocycles. The minimum absolute atomic E-state index is 0.0957. The molecule has 1 heterocycles. The van der Waals surface area contributed by atoms with Gasteiger partial charge in [-0.15, -0.1) is 0 Å². The van der Waals surface area contributed by atoms with Gasteiger partial charge < -0.3 is 9.50 Å². The molecule has 2 aromatic rings. The van der Waals surface area contributed by atoms with Crippen LogP contribution in [0.25, 0.3) is 5.57 Å². The Hall–Kier alpha value is -1.98. The summed E-state index contributed by atoms with van der Waals surface area (Å²) in [4.78, 5) is 0.0957. The van der Waals surface area contributed by atoms with Crippen LogP contribution in [0.1, 0.15) is 31.9 Å². The first-order valence-electron chi connectivity index (χ1n) is 7.90. The largest absolute Gasteiger partial charge is 0.377 e. The summed E-state index contributed by atoms with van der Waals surface area (Å²) in [6.07, 6.45) is 2.08. The zero-order chi connectivity index (χ0) is 18.4. The highest BCUT2D eigenvalue weighted by Gasteiger charge is 2.25. The standard InChI is InChI=1S/C19H20ClNO3S/c1-12-5-7-14(8-6-12)25(22,23)24-18-9-15-13(2)11-19(3,4)21-17(15)10-16(18)20/h5-11,21H,1-4H3. The second-order valence-electron chi connectivity index (χ2n) is 6.85. The van der Waals surface area contributed by atoms with E-state index in [0.29, 0.717) is 0 Å². The first kappa shape index (κ1) is 17.8. The molecule has 1 aliphatic heterocycles. The monoisotopic (exact) mass is 377 g/mol. The van der Waals surface area contributed by atoms with E-state index in [9.17, 15) is 8.42 Å². The number of fused-ring (bicyclic) bond motifs is 1. The number of rotatable bonds is 3. The van der Waals surface area contributed by atoms with Crippen molar-refractivity contribution < 1.29 is 12.6 Å². The van der Waals surface area contributed by atoms with Crippen molar-refractivity contribution in [3.8, 4) is 5.75 Å². The SMILES string of the molecule is CC1=CC(C)(C)Nc2cc(Cl)c(OS(=O)(=O)c3ccc(C)cc3)cc21. The Morgan fingerprint density at radius 1 is 1.08 bits per heavy atom. The lowest BCUT2D eigenvalue weighted by Crippen LogP contribution is -2.31. The molecular formula is C19H20ClNO3S. The first-order valence-corrected chi connectivity index (χ1v) is 9.69. The lowest BCUT2D eigenvalue weighted by molar-refractivity contribution is 0.486. The van der Waals surface area contributed by atoms with Gasteiger partial charge in [-0.05, 0) is 57.5 Å². The zero-order valence-corrected chi connectivity index (χ0v) is 16.1. The molecule has 0 amide bonds. The molecule has 0 fully saturated rings. The molecular weight excluding hydrogens is 358 g/mol. The summed E-state index contributed by atoms with van der Waals surface area (Å²) in [5.74, 6) is 0.121. The topological polar surface area (TPSA) is 55.4 Å². The van der Waals surface area contributed by atoms with Crippen molar-refractivity contribution in [3.63, 3.8) is 0 Å². The Balaban J connectivity index is 1.99. The number of halogens is 1. The summed E-state index contributed by atoms with van der Waals surface area (Å²) in [7, 11) is -3.94.